The van der Waals surface area contributed by atoms with Crippen molar-refractivity contribution in [2.24, 2.45) is 4.99 Å². The van der Waals surface area contributed by atoms with Gasteiger partial charge in [0.25, 0.3) is 11.6 Å². The van der Waals surface area contributed by atoms with Gasteiger partial charge in [-0.1, -0.05) is 6.07 Å². The minimum absolute atomic E-state index is 0.115. The molecule has 1 aromatic carbocycles. The van der Waals surface area contributed by atoms with Crippen molar-refractivity contribution in [3.05, 3.63) is 52.6 Å². The number of anilines is 1. The maximum absolute atomic E-state index is 12.8. The van der Waals surface area contributed by atoms with E-state index >= 15 is 0 Å². The summed E-state index contributed by atoms with van der Waals surface area (Å²) in [4.78, 5) is 25.8. The van der Waals surface area contributed by atoms with Gasteiger partial charge < -0.3 is 14.8 Å². The van der Waals surface area contributed by atoms with Crippen molar-refractivity contribution in [3.8, 4) is 0 Å². The van der Waals surface area contributed by atoms with Gasteiger partial charge >= 0.3 is 5.97 Å². The monoisotopic (exact) mass is 392 g/mol. The summed E-state index contributed by atoms with van der Waals surface area (Å²) in [7, 11) is 0. The van der Waals surface area contributed by atoms with Crippen LogP contribution in [0.4, 0.5) is 5.69 Å². The summed E-state index contributed by atoms with van der Waals surface area (Å²) in [6, 6.07) is 2.73. The lowest BCUT2D eigenvalue weighted by Crippen LogP contribution is -2.42. The molecule has 7 nitrogen and oxygen atoms in total. The number of nitrogens with one attached hydrogen (secondary N) is 1. The molecule has 0 spiro atoms. The second-order valence-corrected chi connectivity index (χ2v) is 7.72. The maximum atomic E-state index is 12.8. The highest BCUT2D eigenvalue weighted by Gasteiger charge is 2.50. The van der Waals surface area contributed by atoms with Crippen LogP contribution in [0.2, 0.25) is 0 Å². The van der Waals surface area contributed by atoms with Crippen LogP contribution in [0.3, 0.4) is 0 Å². The van der Waals surface area contributed by atoms with Gasteiger partial charge in [-0.15, -0.1) is 0 Å². The zero-order chi connectivity index (χ0) is 19.8. The molecule has 2 aliphatic carbocycles. The third-order valence-electron chi connectivity index (χ3n) is 6.00. The van der Waals surface area contributed by atoms with E-state index in [2.05, 4.69) is 26.3 Å². The van der Waals surface area contributed by atoms with Crippen LogP contribution in [0.25, 0.3) is 0 Å². The molecular weight excluding hydrogens is 368 g/mol. The Morgan fingerprint density at radius 2 is 1.93 bits per heavy atom. The number of rotatable bonds is 4. The summed E-state index contributed by atoms with van der Waals surface area (Å²) in [5.41, 5.74) is 5.73. The Hall–Kier alpha value is -2.96. The van der Waals surface area contributed by atoms with E-state index < -0.39 is 11.6 Å². The van der Waals surface area contributed by atoms with E-state index in [1.165, 1.54) is 41.3 Å². The molecule has 1 unspecified atom stereocenters. The third kappa shape index (κ3) is 2.96. The highest BCUT2D eigenvalue weighted by Crippen LogP contribution is 2.39. The number of fused-ring (bicyclic) bond motifs is 2. The molecule has 1 atom stereocenters. The van der Waals surface area contributed by atoms with Crippen molar-refractivity contribution in [2.75, 3.05) is 18.5 Å². The quantitative estimate of drug-likeness (QED) is 0.806. The molecule has 2 aromatic rings. The van der Waals surface area contributed by atoms with Gasteiger partial charge in [0.1, 0.15) is 12.2 Å². The molecule has 2 heterocycles. The van der Waals surface area contributed by atoms with Crippen LogP contribution >= 0.6 is 0 Å². The van der Waals surface area contributed by atoms with E-state index in [4.69, 9.17) is 9.47 Å². The number of hydrogen-bond donors (Lipinski definition) is 1. The van der Waals surface area contributed by atoms with E-state index in [-0.39, 0.29) is 13.2 Å². The molecule has 7 heteroatoms. The van der Waals surface area contributed by atoms with Gasteiger partial charge in [-0.25, -0.2) is 9.79 Å². The summed E-state index contributed by atoms with van der Waals surface area (Å²) >= 11 is 0. The molecule has 29 heavy (non-hydrogen) atoms. The first-order valence-electron chi connectivity index (χ1n) is 10.3. The Labute approximate surface area is 169 Å². The SMILES string of the molecule is CCOC(=O)C1(c2cnccn2)CN=C(Nc2c3c(cc4c2CCC4)CCC3)O1. The molecule has 0 amide bonds. The van der Waals surface area contributed by atoms with Crippen molar-refractivity contribution in [3.63, 3.8) is 0 Å². The largest absolute Gasteiger partial charge is 0.463 e. The molecular formula is C22H24N4O3. The van der Waals surface area contributed by atoms with Crippen molar-refractivity contribution in [1.29, 1.82) is 0 Å². The topological polar surface area (TPSA) is 85.7 Å². The highest BCUT2D eigenvalue weighted by atomic mass is 16.6. The summed E-state index contributed by atoms with van der Waals surface area (Å²) in [5.74, 6) is -0.496. The van der Waals surface area contributed by atoms with Gasteiger partial charge in [-0.05, 0) is 67.7 Å². The predicted molar refractivity (Wildman–Crippen MR) is 108 cm³/mol. The van der Waals surface area contributed by atoms with Crippen molar-refractivity contribution < 1.29 is 14.3 Å². The molecule has 1 aliphatic heterocycles. The first-order valence-corrected chi connectivity index (χ1v) is 10.3. The number of benzene rings is 1. The normalized spacial score (nSPS) is 21.9. The van der Waals surface area contributed by atoms with E-state index in [0.717, 1.165) is 31.4 Å². The van der Waals surface area contributed by atoms with E-state index in [1.54, 1.807) is 19.3 Å². The number of ether oxygens (including phenoxy) is 2. The number of esters is 1. The molecule has 0 bridgehead atoms. The Morgan fingerprint density at radius 3 is 2.59 bits per heavy atom. The lowest BCUT2D eigenvalue weighted by Gasteiger charge is -2.25. The van der Waals surface area contributed by atoms with E-state index in [1.807, 2.05) is 0 Å². The smallest absolute Gasteiger partial charge is 0.359 e. The number of carbonyl (C=O) groups is 1. The molecule has 1 N–H and O–H groups in total. The van der Waals surface area contributed by atoms with Crippen LogP contribution in [-0.4, -0.2) is 35.1 Å². The average molecular weight is 392 g/mol. The Balaban J connectivity index is 1.47. The molecule has 5 rings (SSSR count). The first-order chi connectivity index (χ1) is 14.2. The lowest BCUT2D eigenvalue weighted by molar-refractivity contribution is -0.162. The predicted octanol–water partition coefficient (Wildman–Crippen LogP) is 2.71. The van der Waals surface area contributed by atoms with Crippen molar-refractivity contribution in [2.45, 2.75) is 51.0 Å². The van der Waals surface area contributed by atoms with Crippen LogP contribution in [-0.2, 0) is 45.6 Å². The molecule has 0 radical (unpaired) electrons. The van der Waals surface area contributed by atoms with Crippen LogP contribution in [0.1, 0.15) is 47.7 Å². The number of aromatic nitrogens is 2. The summed E-state index contributed by atoms with van der Waals surface area (Å²) in [6.45, 7) is 2.14. The van der Waals surface area contributed by atoms with Crippen LogP contribution in [0, 0.1) is 0 Å². The van der Waals surface area contributed by atoms with Gasteiger partial charge in [0.05, 0.1) is 12.8 Å². The van der Waals surface area contributed by atoms with Crippen LogP contribution in [0.5, 0.6) is 0 Å². The number of aryl methyl sites for hydroxylation is 2. The Bertz CT molecular complexity index is 957. The Kier molecular flexibility index (Phi) is 4.45. The number of carbonyl (C=O) groups excluding carboxylic acids is 1. The number of amidine groups is 1. The fraction of sp³-hybridized carbons (Fsp3) is 0.455. The van der Waals surface area contributed by atoms with Gasteiger partial charge in [-0.3, -0.25) is 9.97 Å². The fourth-order valence-corrected chi connectivity index (χ4v) is 4.65. The van der Waals surface area contributed by atoms with Crippen LogP contribution in [0.15, 0.2) is 29.6 Å². The summed E-state index contributed by atoms with van der Waals surface area (Å²) in [5, 5.41) is 3.43. The molecule has 1 aromatic heterocycles. The second kappa shape index (κ2) is 7.13. The minimum Gasteiger partial charge on any atom is -0.463 e. The highest BCUT2D eigenvalue weighted by molar-refractivity contribution is 5.96. The lowest BCUT2D eigenvalue weighted by atomic mass is 9.99. The van der Waals surface area contributed by atoms with E-state index in [0.29, 0.717) is 11.7 Å². The average Bonchev–Trinajstić information content (AvgIpc) is 3.48. The summed E-state index contributed by atoms with van der Waals surface area (Å²) < 4.78 is 11.4. The number of aliphatic imine (C=N–C) groups is 1. The van der Waals surface area contributed by atoms with Crippen molar-refractivity contribution >= 4 is 17.7 Å². The molecule has 0 fully saturated rings. The van der Waals surface area contributed by atoms with Gasteiger partial charge in [0, 0.05) is 18.1 Å². The Morgan fingerprint density at radius 1 is 1.17 bits per heavy atom. The molecule has 3 aliphatic rings. The van der Waals surface area contributed by atoms with Gasteiger partial charge in [-0.2, -0.15) is 0 Å². The van der Waals surface area contributed by atoms with Gasteiger partial charge in [0.2, 0.25) is 0 Å². The van der Waals surface area contributed by atoms with E-state index in [9.17, 15) is 4.79 Å². The number of hydrogen-bond acceptors (Lipinski definition) is 7. The minimum atomic E-state index is -1.40. The maximum Gasteiger partial charge on any atom is 0.359 e. The van der Waals surface area contributed by atoms with Crippen molar-refractivity contribution in [1.82, 2.24) is 9.97 Å². The van der Waals surface area contributed by atoms with Gasteiger partial charge in [0.15, 0.2) is 0 Å². The molecule has 150 valence electrons. The third-order valence-corrected chi connectivity index (χ3v) is 6.00. The van der Waals surface area contributed by atoms with Crippen LogP contribution < -0.4 is 5.32 Å². The first kappa shape index (κ1) is 18.1. The standard InChI is InChI=1S/C22H24N4O3/c1-2-28-20(27)22(18-12-23-9-10-24-18)13-25-21(29-22)26-19-16-7-3-5-14(16)11-15-6-4-8-17(15)19/h9-12H,2-8,13H2,1H3,(H,25,26). The number of nitrogens with zero attached hydrogens (tertiary/aromatic N) is 3. The molecule has 0 saturated carbocycles. The second-order valence-electron chi connectivity index (χ2n) is 7.72. The zero-order valence-electron chi connectivity index (χ0n) is 16.5. The zero-order valence-corrected chi connectivity index (χ0v) is 16.5. The fourth-order valence-electron chi connectivity index (χ4n) is 4.65. The summed E-state index contributed by atoms with van der Waals surface area (Å²) in [6.07, 6.45) is 11.4. The molecule has 0 saturated heterocycles.